The molecule has 0 aliphatic carbocycles. The molecule has 7 nitrogen and oxygen atoms in total. The molecule has 0 N–H and O–H groups in total. The van der Waals surface area contributed by atoms with Crippen molar-refractivity contribution in [3.8, 4) is 0 Å². The third-order valence-corrected chi connectivity index (χ3v) is 6.10. The van der Waals surface area contributed by atoms with E-state index in [0.29, 0.717) is 6.42 Å². The van der Waals surface area contributed by atoms with E-state index >= 15 is 0 Å². The van der Waals surface area contributed by atoms with Crippen LogP contribution < -0.4 is 0 Å². The number of amides is 2. The van der Waals surface area contributed by atoms with Gasteiger partial charge in [0.15, 0.2) is 6.61 Å². The predicted molar refractivity (Wildman–Crippen MR) is 76.8 cm³/mol. The van der Waals surface area contributed by atoms with Gasteiger partial charge in [0.1, 0.15) is 4.90 Å². The Morgan fingerprint density at radius 2 is 1.95 bits per heavy atom. The molecule has 0 radical (unpaired) electrons. The SMILES string of the molecule is O=C1COC(=O)N1C1CCN(S(=O)(=O)c2ccccc2Cl)C1. The first-order valence-corrected chi connectivity index (χ1v) is 8.46. The third kappa shape index (κ3) is 2.47. The minimum Gasteiger partial charge on any atom is -0.439 e. The maximum Gasteiger partial charge on any atom is 0.417 e. The molecule has 1 atom stereocenters. The van der Waals surface area contributed by atoms with Gasteiger partial charge in [-0.25, -0.2) is 18.1 Å². The summed E-state index contributed by atoms with van der Waals surface area (Å²) in [7, 11) is -3.76. The van der Waals surface area contributed by atoms with Gasteiger partial charge in [-0.1, -0.05) is 23.7 Å². The fraction of sp³-hybridized carbons (Fsp3) is 0.385. The van der Waals surface area contributed by atoms with Crippen LogP contribution >= 0.6 is 11.6 Å². The number of carbonyl (C=O) groups is 2. The van der Waals surface area contributed by atoms with E-state index in [2.05, 4.69) is 4.74 Å². The molecule has 0 aromatic heterocycles. The molecule has 22 heavy (non-hydrogen) atoms. The number of cyclic esters (lactones) is 1. The molecule has 0 bridgehead atoms. The van der Waals surface area contributed by atoms with Crippen LogP contribution in [0.15, 0.2) is 29.2 Å². The number of hydrogen-bond donors (Lipinski definition) is 0. The largest absolute Gasteiger partial charge is 0.439 e. The smallest absolute Gasteiger partial charge is 0.417 e. The first kappa shape index (κ1) is 15.3. The highest BCUT2D eigenvalue weighted by atomic mass is 35.5. The molecule has 2 aliphatic heterocycles. The van der Waals surface area contributed by atoms with Crippen LogP contribution in [-0.2, 0) is 19.6 Å². The summed E-state index contributed by atoms with van der Waals surface area (Å²) in [6.07, 6.45) is -0.336. The lowest BCUT2D eigenvalue weighted by atomic mass is 10.2. The van der Waals surface area contributed by atoms with Crippen LogP contribution in [0.3, 0.4) is 0 Å². The summed E-state index contributed by atoms with van der Waals surface area (Å²) in [5, 5.41) is 0.141. The summed E-state index contributed by atoms with van der Waals surface area (Å²) in [6.45, 7) is -0.0176. The van der Waals surface area contributed by atoms with Crippen molar-refractivity contribution >= 4 is 33.6 Å². The molecule has 2 saturated heterocycles. The molecule has 118 valence electrons. The van der Waals surface area contributed by atoms with E-state index in [1.54, 1.807) is 12.1 Å². The van der Waals surface area contributed by atoms with Crippen molar-refractivity contribution in [1.82, 2.24) is 9.21 Å². The summed E-state index contributed by atoms with van der Waals surface area (Å²) in [5.41, 5.74) is 0. The molecular formula is C13H13ClN2O5S. The zero-order valence-corrected chi connectivity index (χ0v) is 13.0. The van der Waals surface area contributed by atoms with Crippen molar-refractivity contribution < 1.29 is 22.7 Å². The van der Waals surface area contributed by atoms with Crippen LogP contribution in [0.2, 0.25) is 5.02 Å². The standard InChI is InChI=1S/C13H13ClN2O5S/c14-10-3-1-2-4-11(10)22(19,20)15-6-5-9(7-15)16-12(17)8-21-13(16)18/h1-4,9H,5-8H2. The molecule has 2 aliphatic rings. The number of sulfonamides is 1. The highest BCUT2D eigenvalue weighted by Gasteiger charge is 2.43. The molecule has 9 heteroatoms. The van der Waals surface area contributed by atoms with Gasteiger partial charge in [-0.15, -0.1) is 0 Å². The van der Waals surface area contributed by atoms with Crippen molar-refractivity contribution in [3.63, 3.8) is 0 Å². The number of carbonyl (C=O) groups excluding carboxylic acids is 2. The van der Waals surface area contributed by atoms with Gasteiger partial charge in [0.25, 0.3) is 5.91 Å². The Morgan fingerprint density at radius 3 is 2.59 bits per heavy atom. The Bertz CT molecular complexity index is 720. The topological polar surface area (TPSA) is 84.0 Å². The van der Waals surface area contributed by atoms with Gasteiger partial charge in [0.2, 0.25) is 10.0 Å². The van der Waals surface area contributed by atoms with Crippen molar-refractivity contribution in [2.75, 3.05) is 19.7 Å². The molecular weight excluding hydrogens is 332 g/mol. The number of hydrogen-bond acceptors (Lipinski definition) is 5. The Balaban J connectivity index is 1.82. The summed E-state index contributed by atoms with van der Waals surface area (Å²) in [6, 6.07) is 5.67. The minimum absolute atomic E-state index is 0.0210. The summed E-state index contributed by atoms with van der Waals surface area (Å²) in [4.78, 5) is 24.2. The average Bonchev–Trinajstić information content (AvgIpc) is 3.06. The molecule has 0 saturated carbocycles. The quantitative estimate of drug-likeness (QED) is 0.819. The van der Waals surface area contributed by atoms with E-state index in [4.69, 9.17) is 11.6 Å². The van der Waals surface area contributed by atoms with Crippen molar-refractivity contribution in [2.24, 2.45) is 0 Å². The van der Waals surface area contributed by atoms with Crippen LogP contribution in [-0.4, -0.2) is 55.4 Å². The molecule has 2 fully saturated rings. The molecule has 1 unspecified atom stereocenters. The van der Waals surface area contributed by atoms with E-state index in [0.717, 1.165) is 4.90 Å². The number of benzene rings is 1. The van der Waals surface area contributed by atoms with Gasteiger partial charge in [-0.3, -0.25) is 4.79 Å². The summed E-state index contributed by atoms with van der Waals surface area (Å²) < 4.78 is 31.1. The Hall–Kier alpha value is -1.64. The van der Waals surface area contributed by atoms with Gasteiger partial charge in [0.05, 0.1) is 11.1 Å². The molecule has 2 amide bonds. The summed E-state index contributed by atoms with van der Waals surface area (Å²) in [5.74, 6) is -0.438. The lowest BCUT2D eigenvalue weighted by Crippen LogP contribution is -2.42. The van der Waals surface area contributed by atoms with E-state index in [-0.39, 0.29) is 29.6 Å². The van der Waals surface area contributed by atoms with Gasteiger partial charge in [0, 0.05) is 13.1 Å². The maximum absolute atomic E-state index is 12.6. The van der Waals surface area contributed by atoms with E-state index < -0.39 is 28.1 Å². The highest BCUT2D eigenvalue weighted by molar-refractivity contribution is 7.89. The molecule has 1 aromatic rings. The first-order valence-electron chi connectivity index (χ1n) is 6.65. The number of rotatable bonds is 3. The van der Waals surface area contributed by atoms with Gasteiger partial charge >= 0.3 is 6.09 Å². The number of ether oxygens (including phenoxy) is 1. The van der Waals surface area contributed by atoms with Gasteiger partial charge < -0.3 is 4.74 Å². The fourth-order valence-corrected chi connectivity index (χ4v) is 4.64. The Labute approximate surface area is 132 Å². The molecule has 0 spiro atoms. The average molecular weight is 345 g/mol. The Kier molecular flexibility index (Phi) is 3.84. The minimum atomic E-state index is -3.76. The molecule has 1 aromatic carbocycles. The van der Waals surface area contributed by atoms with Gasteiger partial charge in [-0.2, -0.15) is 4.31 Å². The van der Waals surface area contributed by atoms with Crippen molar-refractivity contribution in [3.05, 3.63) is 29.3 Å². The van der Waals surface area contributed by atoms with Crippen LogP contribution in [0.5, 0.6) is 0 Å². The first-order chi connectivity index (χ1) is 10.4. The predicted octanol–water partition coefficient (Wildman–Crippen LogP) is 1.08. The zero-order valence-electron chi connectivity index (χ0n) is 11.4. The van der Waals surface area contributed by atoms with Crippen molar-refractivity contribution in [1.29, 1.82) is 0 Å². The summed E-state index contributed by atoms with van der Waals surface area (Å²) >= 11 is 5.95. The van der Waals surface area contributed by atoms with E-state index in [1.807, 2.05) is 0 Å². The fourth-order valence-electron chi connectivity index (χ4n) is 2.65. The lowest BCUT2D eigenvalue weighted by molar-refractivity contribution is -0.127. The van der Waals surface area contributed by atoms with E-state index in [9.17, 15) is 18.0 Å². The highest BCUT2D eigenvalue weighted by Crippen LogP contribution is 2.29. The normalized spacial score (nSPS) is 23.1. The van der Waals surface area contributed by atoms with Crippen LogP contribution in [0.25, 0.3) is 0 Å². The van der Waals surface area contributed by atoms with Gasteiger partial charge in [-0.05, 0) is 18.6 Å². The zero-order chi connectivity index (χ0) is 15.9. The Morgan fingerprint density at radius 1 is 1.23 bits per heavy atom. The lowest BCUT2D eigenvalue weighted by Gasteiger charge is -2.20. The third-order valence-electron chi connectivity index (χ3n) is 3.73. The van der Waals surface area contributed by atoms with E-state index in [1.165, 1.54) is 16.4 Å². The monoisotopic (exact) mass is 344 g/mol. The second kappa shape index (κ2) is 5.53. The number of halogens is 1. The second-order valence-corrected chi connectivity index (χ2v) is 7.37. The molecule has 2 heterocycles. The van der Waals surface area contributed by atoms with Crippen LogP contribution in [0.1, 0.15) is 6.42 Å². The van der Waals surface area contributed by atoms with Crippen LogP contribution in [0.4, 0.5) is 4.79 Å². The van der Waals surface area contributed by atoms with Crippen molar-refractivity contribution in [2.45, 2.75) is 17.4 Å². The maximum atomic E-state index is 12.6. The van der Waals surface area contributed by atoms with Crippen LogP contribution in [0, 0.1) is 0 Å². The molecule has 3 rings (SSSR count). The number of imide groups is 1. The number of nitrogens with zero attached hydrogens (tertiary/aromatic N) is 2. The second-order valence-electron chi connectivity index (χ2n) is 5.05.